The highest BCUT2D eigenvalue weighted by atomic mass is 79.9. The molecule has 0 saturated carbocycles. The van der Waals surface area contributed by atoms with Crippen LogP contribution in [0.5, 0.6) is 0 Å². The summed E-state index contributed by atoms with van der Waals surface area (Å²) in [6.07, 6.45) is -3.29. The standard InChI is InChI=1S/C17H15BrF3NO2S/c18-14-6-1-4-12(10-14)16-8-3-9-22(16)25(23,24)15-7-2-5-13(11-15)17(19,20)21/h1-2,4-7,10-11,16H,3,8-9H2. The van der Waals surface area contributed by atoms with Gasteiger partial charge in [0.1, 0.15) is 0 Å². The minimum absolute atomic E-state index is 0.287. The van der Waals surface area contributed by atoms with Crippen LogP contribution in [0.25, 0.3) is 0 Å². The Morgan fingerprint density at radius 2 is 1.80 bits per heavy atom. The summed E-state index contributed by atoms with van der Waals surface area (Å²) in [5.74, 6) is 0. The third kappa shape index (κ3) is 3.75. The molecule has 1 aliphatic heterocycles. The van der Waals surface area contributed by atoms with E-state index in [9.17, 15) is 21.6 Å². The van der Waals surface area contributed by atoms with Crippen LogP contribution in [0, 0.1) is 0 Å². The summed E-state index contributed by atoms with van der Waals surface area (Å²) in [4.78, 5) is -0.329. The van der Waals surface area contributed by atoms with Gasteiger partial charge < -0.3 is 0 Å². The molecule has 0 N–H and O–H groups in total. The lowest BCUT2D eigenvalue weighted by Crippen LogP contribution is -2.30. The zero-order chi connectivity index (χ0) is 18.2. The summed E-state index contributed by atoms with van der Waals surface area (Å²) in [6.45, 7) is 0.287. The van der Waals surface area contributed by atoms with Gasteiger partial charge in [-0.3, -0.25) is 0 Å². The fraction of sp³-hybridized carbons (Fsp3) is 0.294. The molecule has 1 unspecified atom stereocenters. The molecule has 0 aliphatic carbocycles. The summed E-state index contributed by atoms with van der Waals surface area (Å²) in [5, 5.41) is 0. The first kappa shape index (κ1) is 18.4. The second-order valence-corrected chi connectivity index (χ2v) is 8.66. The maximum atomic E-state index is 12.9. The highest BCUT2D eigenvalue weighted by Gasteiger charge is 2.38. The Hall–Kier alpha value is -1.38. The second-order valence-electron chi connectivity index (χ2n) is 5.85. The molecule has 1 fully saturated rings. The van der Waals surface area contributed by atoms with E-state index in [1.807, 2.05) is 24.3 Å². The Kier molecular flexibility index (Phi) is 4.96. The molecule has 1 atom stereocenters. The van der Waals surface area contributed by atoms with E-state index < -0.39 is 21.8 Å². The van der Waals surface area contributed by atoms with Crippen LogP contribution in [0.2, 0.25) is 0 Å². The number of benzene rings is 2. The van der Waals surface area contributed by atoms with Crippen LogP contribution < -0.4 is 0 Å². The molecule has 3 nitrogen and oxygen atoms in total. The van der Waals surface area contributed by atoms with E-state index >= 15 is 0 Å². The van der Waals surface area contributed by atoms with Crippen molar-refractivity contribution < 1.29 is 21.6 Å². The molecule has 0 radical (unpaired) electrons. The minimum atomic E-state index is -4.58. The van der Waals surface area contributed by atoms with Gasteiger partial charge in [-0.05, 0) is 48.7 Å². The van der Waals surface area contributed by atoms with E-state index in [0.717, 1.165) is 22.2 Å². The first-order valence-corrected chi connectivity index (χ1v) is 9.87. The summed E-state index contributed by atoms with van der Waals surface area (Å²) < 4.78 is 66.7. The van der Waals surface area contributed by atoms with E-state index in [0.29, 0.717) is 18.9 Å². The molecule has 3 rings (SSSR count). The van der Waals surface area contributed by atoms with Crippen LogP contribution in [0.4, 0.5) is 13.2 Å². The number of halogens is 4. The Bertz CT molecular complexity index is 883. The van der Waals surface area contributed by atoms with E-state index in [1.54, 1.807) is 0 Å². The predicted molar refractivity (Wildman–Crippen MR) is 91.5 cm³/mol. The van der Waals surface area contributed by atoms with Crippen molar-refractivity contribution in [2.24, 2.45) is 0 Å². The van der Waals surface area contributed by atoms with Crippen molar-refractivity contribution >= 4 is 26.0 Å². The molecule has 134 valence electrons. The monoisotopic (exact) mass is 433 g/mol. The molecule has 0 spiro atoms. The zero-order valence-electron chi connectivity index (χ0n) is 13.0. The highest BCUT2D eigenvalue weighted by Crippen LogP contribution is 2.38. The number of sulfonamides is 1. The van der Waals surface area contributed by atoms with Gasteiger partial charge in [-0.25, -0.2) is 8.42 Å². The largest absolute Gasteiger partial charge is 0.416 e. The van der Waals surface area contributed by atoms with Gasteiger partial charge in [0.2, 0.25) is 10.0 Å². The van der Waals surface area contributed by atoms with E-state index in [1.165, 1.54) is 10.4 Å². The number of nitrogens with zero attached hydrogens (tertiary/aromatic N) is 1. The Morgan fingerprint density at radius 1 is 1.08 bits per heavy atom. The number of hydrogen-bond acceptors (Lipinski definition) is 2. The summed E-state index contributed by atoms with van der Waals surface area (Å²) >= 11 is 3.36. The van der Waals surface area contributed by atoms with Crippen LogP contribution in [0.3, 0.4) is 0 Å². The predicted octanol–water partition coefficient (Wildman–Crippen LogP) is 4.99. The van der Waals surface area contributed by atoms with Gasteiger partial charge in [-0.2, -0.15) is 17.5 Å². The maximum absolute atomic E-state index is 12.9. The molecular formula is C17H15BrF3NO2S. The van der Waals surface area contributed by atoms with E-state index in [4.69, 9.17) is 0 Å². The molecule has 1 aliphatic rings. The van der Waals surface area contributed by atoms with Crippen LogP contribution in [0.1, 0.15) is 30.0 Å². The summed E-state index contributed by atoms with van der Waals surface area (Å²) in [7, 11) is -4.01. The first-order valence-electron chi connectivity index (χ1n) is 7.64. The quantitative estimate of drug-likeness (QED) is 0.683. The average Bonchev–Trinajstić information content (AvgIpc) is 3.05. The van der Waals surface area contributed by atoms with Crippen molar-refractivity contribution in [1.29, 1.82) is 0 Å². The van der Waals surface area contributed by atoms with Crippen molar-refractivity contribution in [2.75, 3.05) is 6.54 Å². The van der Waals surface area contributed by atoms with Gasteiger partial charge in [0.25, 0.3) is 0 Å². The fourth-order valence-electron chi connectivity index (χ4n) is 3.04. The summed E-state index contributed by atoms with van der Waals surface area (Å²) in [5.41, 5.74) is -0.144. The molecule has 2 aromatic rings. The molecular weight excluding hydrogens is 419 g/mol. The zero-order valence-corrected chi connectivity index (χ0v) is 15.4. The van der Waals surface area contributed by atoms with Crippen molar-refractivity contribution in [2.45, 2.75) is 30.0 Å². The summed E-state index contributed by atoms with van der Waals surface area (Å²) in [6, 6.07) is 10.8. The van der Waals surface area contributed by atoms with Gasteiger partial charge in [0.15, 0.2) is 0 Å². The van der Waals surface area contributed by atoms with Crippen LogP contribution in [0.15, 0.2) is 57.9 Å². The van der Waals surface area contributed by atoms with Crippen molar-refractivity contribution in [3.05, 3.63) is 64.1 Å². The van der Waals surface area contributed by atoms with Gasteiger partial charge in [-0.15, -0.1) is 0 Å². The van der Waals surface area contributed by atoms with Gasteiger partial charge in [-0.1, -0.05) is 34.1 Å². The topological polar surface area (TPSA) is 37.4 Å². The smallest absolute Gasteiger partial charge is 0.207 e. The normalized spacial score (nSPS) is 19.3. The molecule has 25 heavy (non-hydrogen) atoms. The van der Waals surface area contributed by atoms with Crippen molar-refractivity contribution in [1.82, 2.24) is 4.31 Å². The molecule has 0 aromatic heterocycles. The van der Waals surface area contributed by atoms with E-state index in [2.05, 4.69) is 15.9 Å². The van der Waals surface area contributed by atoms with Crippen molar-refractivity contribution in [3.8, 4) is 0 Å². The molecule has 0 bridgehead atoms. The van der Waals surface area contributed by atoms with Gasteiger partial charge in [0, 0.05) is 11.0 Å². The Morgan fingerprint density at radius 3 is 2.48 bits per heavy atom. The third-order valence-electron chi connectivity index (χ3n) is 4.21. The minimum Gasteiger partial charge on any atom is -0.207 e. The highest BCUT2D eigenvalue weighted by molar-refractivity contribution is 9.10. The van der Waals surface area contributed by atoms with Crippen LogP contribution >= 0.6 is 15.9 Å². The van der Waals surface area contributed by atoms with Crippen LogP contribution in [-0.4, -0.2) is 19.3 Å². The average molecular weight is 434 g/mol. The second kappa shape index (κ2) is 6.74. The lowest BCUT2D eigenvalue weighted by atomic mass is 10.1. The molecule has 0 amide bonds. The van der Waals surface area contributed by atoms with Crippen molar-refractivity contribution in [3.63, 3.8) is 0 Å². The van der Waals surface area contributed by atoms with Crippen LogP contribution in [-0.2, 0) is 16.2 Å². The third-order valence-corrected chi connectivity index (χ3v) is 6.60. The molecule has 1 saturated heterocycles. The SMILES string of the molecule is O=S(=O)(c1cccc(C(F)(F)F)c1)N1CCCC1c1cccc(Br)c1. The lowest BCUT2D eigenvalue weighted by molar-refractivity contribution is -0.137. The first-order chi connectivity index (χ1) is 11.7. The molecule has 8 heteroatoms. The Labute approximate surface area is 152 Å². The maximum Gasteiger partial charge on any atom is 0.416 e. The molecule has 2 aromatic carbocycles. The number of hydrogen-bond donors (Lipinski definition) is 0. The van der Waals surface area contributed by atoms with Gasteiger partial charge >= 0.3 is 6.18 Å². The molecule has 1 heterocycles. The fourth-order valence-corrected chi connectivity index (χ4v) is 5.19. The van der Waals surface area contributed by atoms with E-state index in [-0.39, 0.29) is 17.5 Å². The Balaban J connectivity index is 1.99. The van der Waals surface area contributed by atoms with Gasteiger partial charge in [0.05, 0.1) is 16.5 Å². The number of rotatable bonds is 3. The lowest BCUT2D eigenvalue weighted by Gasteiger charge is -2.25. The number of alkyl halides is 3.